The summed E-state index contributed by atoms with van der Waals surface area (Å²) in [5.74, 6) is 0. The maximum Gasteiger partial charge on any atom is 0.287 e. The van der Waals surface area contributed by atoms with Gasteiger partial charge in [0.25, 0.3) is 5.56 Å². The van der Waals surface area contributed by atoms with E-state index < -0.39 is 0 Å². The zero-order valence-corrected chi connectivity index (χ0v) is 9.45. The van der Waals surface area contributed by atoms with Gasteiger partial charge in [-0.05, 0) is 0 Å². The van der Waals surface area contributed by atoms with Crippen LogP contribution in [-0.2, 0) is 7.05 Å². The molecule has 1 saturated heterocycles. The first-order chi connectivity index (χ1) is 7.11. The third kappa shape index (κ3) is 1.72. The molecule has 1 aliphatic rings. The third-order valence-electron chi connectivity index (χ3n) is 2.75. The Labute approximate surface area is 92.6 Å². The number of aryl methyl sites for hydroxylation is 1. The molecule has 1 aromatic heterocycles. The Balaban J connectivity index is 2.35. The van der Waals surface area contributed by atoms with E-state index in [9.17, 15) is 4.79 Å². The van der Waals surface area contributed by atoms with E-state index in [-0.39, 0.29) is 10.6 Å². The zero-order chi connectivity index (χ0) is 11.0. The lowest BCUT2D eigenvalue weighted by Gasteiger charge is -2.37. The highest BCUT2D eigenvalue weighted by atomic mass is 35.5. The van der Waals surface area contributed by atoms with Crippen LogP contribution in [0.4, 0.5) is 5.69 Å². The second-order valence-electron chi connectivity index (χ2n) is 3.70. The van der Waals surface area contributed by atoms with Crippen LogP contribution < -0.4 is 15.8 Å². The van der Waals surface area contributed by atoms with Gasteiger partial charge in [0.15, 0.2) is 0 Å². The topological polar surface area (TPSA) is 50.2 Å². The molecule has 5 nitrogen and oxygen atoms in total. The van der Waals surface area contributed by atoms with Crippen LogP contribution in [0.5, 0.6) is 0 Å². The van der Waals surface area contributed by atoms with Crippen LogP contribution in [0.15, 0.2) is 11.0 Å². The number of anilines is 1. The zero-order valence-electron chi connectivity index (χ0n) is 8.70. The normalized spacial score (nSPS) is 16.2. The van der Waals surface area contributed by atoms with Crippen molar-refractivity contribution in [2.75, 3.05) is 25.0 Å². The highest BCUT2D eigenvalue weighted by molar-refractivity contribution is 6.33. The molecular formula is C9H13ClN4O. The van der Waals surface area contributed by atoms with Crippen LogP contribution in [-0.4, -0.2) is 36.0 Å². The number of likely N-dealkylation sites (N-methyl/N-ethyl adjacent to an activating group) is 1. The molecule has 0 saturated carbocycles. The summed E-state index contributed by atoms with van der Waals surface area (Å²) in [5.41, 5.74) is 0.444. The van der Waals surface area contributed by atoms with E-state index in [4.69, 9.17) is 11.6 Å². The molecule has 15 heavy (non-hydrogen) atoms. The molecule has 0 spiro atoms. The second-order valence-corrected chi connectivity index (χ2v) is 4.07. The molecule has 0 aromatic carbocycles. The fourth-order valence-electron chi connectivity index (χ4n) is 1.49. The summed E-state index contributed by atoms with van der Waals surface area (Å²) in [6.45, 7) is 1.84. The Morgan fingerprint density at radius 2 is 2.33 bits per heavy atom. The molecule has 0 bridgehead atoms. The van der Waals surface area contributed by atoms with Crippen molar-refractivity contribution >= 4 is 17.3 Å². The minimum Gasteiger partial charge on any atom is -0.366 e. The van der Waals surface area contributed by atoms with Gasteiger partial charge in [-0.1, -0.05) is 11.6 Å². The van der Waals surface area contributed by atoms with E-state index in [1.807, 2.05) is 11.9 Å². The summed E-state index contributed by atoms with van der Waals surface area (Å²) in [6.07, 6.45) is 1.63. The van der Waals surface area contributed by atoms with E-state index in [1.54, 1.807) is 13.2 Å². The first-order valence-electron chi connectivity index (χ1n) is 4.76. The number of aromatic nitrogens is 2. The lowest BCUT2D eigenvalue weighted by molar-refractivity contribution is 0.428. The molecule has 0 atom stereocenters. The molecule has 0 unspecified atom stereocenters. The quantitative estimate of drug-likeness (QED) is 0.765. The van der Waals surface area contributed by atoms with Crippen LogP contribution in [0, 0.1) is 0 Å². The predicted molar refractivity (Wildman–Crippen MR) is 59.5 cm³/mol. The van der Waals surface area contributed by atoms with Crippen molar-refractivity contribution in [2.45, 2.75) is 6.04 Å². The monoisotopic (exact) mass is 228 g/mol. The van der Waals surface area contributed by atoms with Gasteiger partial charge in [0, 0.05) is 27.2 Å². The largest absolute Gasteiger partial charge is 0.366 e. The van der Waals surface area contributed by atoms with Crippen molar-refractivity contribution in [2.24, 2.45) is 7.05 Å². The second kappa shape index (κ2) is 3.83. The Bertz CT molecular complexity index is 427. The first kappa shape index (κ1) is 10.4. The lowest BCUT2D eigenvalue weighted by atomic mass is 10.1. The number of hydrogen-bond acceptors (Lipinski definition) is 4. The fraction of sp³-hybridized carbons (Fsp3) is 0.556. The van der Waals surface area contributed by atoms with Gasteiger partial charge in [-0.2, -0.15) is 5.10 Å². The summed E-state index contributed by atoms with van der Waals surface area (Å²) in [5, 5.41) is 7.37. The van der Waals surface area contributed by atoms with Gasteiger partial charge in [0.2, 0.25) is 0 Å². The van der Waals surface area contributed by atoms with E-state index >= 15 is 0 Å². The summed E-state index contributed by atoms with van der Waals surface area (Å²) >= 11 is 5.98. The van der Waals surface area contributed by atoms with Crippen molar-refractivity contribution in [1.29, 1.82) is 0 Å². The van der Waals surface area contributed by atoms with Crippen LogP contribution in [0.2, 0.25) is 5.02 Å². The molecule has 1 aromatic rings. The van der Waals surface area contributed by atoms with Crippen molar-refractivity contribution in [3.63, 3.8) is 0 Å². The van der Waals surface area contributed by atoms with Crippen molar-refractivity contribution in [1.82, 2.24) is 15.1 Å². The molecule has 1 aliphatic heterocycles. The van der Waals surface area contributed by atoms with Gasteiger partial charge >= 0.3 is 0 Å². The minimum absolute atomic E-state index is 0.238. The van der Waals surface area contributed by atoms with E-state index in [2.05, 4.69) is 10.4 Å². The van der Waals surface area contributed by atoms with E-state index in [0.717, 1.165) is 13.1 Å². The summed E-state index contributed by atoms with van der Waals surface area (Å²) in [7, 11) is 3.51. The highest BCUT2D eigenvalue weighted by Gasteiger charge is 2.24. The van der Waals surface area contributed by atoms with Crippen molar-refractivity contribution in [3.05, 3.63) is 21.6 Å². The van der Waals surface area contributed by atoms with Gasteiger partial charge < -0.3 is 10.2 Å². The molecule has 0 aliphatic carbocycles. The maximum atomic E-state index is 11.5. The minimum atomic E-state index is -0.256. The maximum absolute atomic E-state index is 11.5. The Morgan fingerprint density at radius 1 is 1.67 bits per heavy atom. The van der Waals surface area contributed by atoms with Crippen LogP contribution >= 0.6 is 11.6 Å². The Kier molecular flexibility index (Phi) is 2.67. The molecular weight excluding hydrogens is 216 g/mol. The number of hydrogen-bond donors (Lipinski definition) is 1. The van der Waals surface area contributed by atoms with Crippen LogP contribution in [0.3, 0.4) is 0 Å². The molecule has 2 rings (SSSR count). The predicted octanol–water partition coefficient (Wildman–Crippen LogP) is -0.158. The van der Waals surface area contributed by atoms with Crippen molar-refractivity contribution < 1.29 is 0 Å². The third-order valence-corrected chi connectivity index (χ3v) is 3.10. The molecule has 1 fully saturated rings. The highest BCUT2D eigenvalue weighted by Crippen LogP contribution is 2.22. The average Bonchev–Trinajstić information content (AvgIpc) is 2.11. The molecule has 6 heteroatoms. The number of rotatable bonds is 2. The van der Waals surface area contributed by atoms with Crippen molar-refractivity contribution in [3.8, 4) is 0 Å². The SMILES string of the molecule is CN(c1cnn(C)c(=O)c1Cl)C1CNC1. The van der Waals surface area contributed by atoms with Gasteiger partial charge in [-0.3, -0.25) is 4.79 Å². The lowest BCUT2D eigenvalue weighted by Crippen LogP contribution is -2.56. The first-order valence-corrected chi connectivity index (χ1v) is 5.14. The van der Waals surface area contributed by atoms with Gasteiger partial charge in [0.05, 0.1) is 17.9 Å². The smallest absolute Gasteiger partial charge is 0.287 e. The van der Waals surface area contributed by atoms with Gasteiger partial charge in [0.1, 0.15) is 5.02 Å². The van der Waals surface area contributed by atoms with Gasteiger partial charge in [-0.25, -0.2) is 4.68 Å². The molecule has 0 radical (unpaired) electrons. The number of nitrogens with zero attached hydrogens (tertiary/aromatic N) is 3. The standard InChI is InChI=1S/C9H13ClN4O/c1-13(6-3-11-4-6)7-5-12-14(2)9(15)8(7)10/h5-6,11H,3-4H2,1-2H3. The van der Waals surface area contributed by atoms with E-state index in [0.29, 0.717) is 11.7 Å². The number of nitrogens with one attached hydrogen (secondary N) is 1. The molecule has 2 heterocycles. The molecule has 0 amide bonds. The average molecular weight is 229 g/mol. The van der Waals surface area contributed by atoms with Crippen LogP contribution in [0.1, 0.15) is 0 Å². The number of halogens is 1. The Morgan fingerprint density at radius 3 is 2.87 bits per heavy atom. The van der Waals surface area contributed by atoms with E-state index in [1.165, 1.54) is 4.68 Å². The van der Waals surface area contributed by atoms with Crippen LogP contribution in [0.25, 0.3) is 0 Å². The summed E-state index contributed by atoms with van der Waals surface area (Å²) in [6, 6.07) is 0.399. The summed E-state index contributed by atoms with van der Waals surface area (Å²) in [4.78, 5) is 13.5. The van der Waals surface area contributed by atoms with Gasteiger partial charge in [-0.15, -0.1) is 0 Å². The Hall–Kier alpha value is -1.07. The summed E-state index contributed by atoms with van der Waals surface area (Å²) < 4.78 is 1.23. The molecule has 82 valence electrons. The fourth-order valence-corrected chi connectivity index (χ4v) is 1.80. The molecule has 1 N–H and O–H groups in total.